The van der Waals surface area contributed by atoms with Gasteiger partial charge in [0.2, 0.25) is 5.91 Å². The molecule has 1 aliphatic carbocycles. The van der Waals surface area contributed by atoms with Crippen molar-refractivity contribution in [2.45, 2.75) is 70.8 Å². The monoisotopic (exact) mass is 420 g/mol. The summed E-state index contributed by atoms with van der Waals surface area (Å²) in [6.07, 6.45) is 7.50. The van der Waals surface area contributed by atoms with Crippen molar-refractivity contribution in [1.82, 2.24) is 20.0 Å². The first-order valence-corrected chi connectivity index (χ1v) is 11.8. The van der Waals surface area contributed by atoms with Crippen LogP contribution in [0.4, 0.5) is 4.79 Å². The SMILES string of the molecule is CC(C)CC[C@@]1(C2CCN(C(=O)C3CCCC3)CC2)NC(=O)N(CCN(C)C)C1=O. The van der Waals surface area contributed by atoms with Gasteiger partial charge < -0.3 is 15.1 Å². The van der Waals surface area contributed by atoms with E-state index in [0.29, 0.717) is 44.4 Å². The molecule has 170 valence electrons. The fraction of sp³-hybridized carbons (Fsp3) is 0.870. The van der Waals surface area contributed by atoms with Crippen molar-refractivity contribution in [3.05, 3.63) is 0 Å². The number of hydrogen-bond acceptors (Lipinski definition) is 4. The number of carbonyl (C=O) groups is 3. The number of piperidine rings is 1. The van der Waals surface area contributed by atoms with E-state index < -0.39 is 5.54 Å². The van der Waals surface area contributed by atoms with E-state index in [-0.39, 0.29) is 23.8 Å². The molecule has 0 radical (unpaired) electrons. The minimum atomic E-state index is -0.809. The van der Waals surface area contributed by atoms with Gasteiger partial charge in [-0.2, -0.15) is 0 Å². The zero-order valence-electron chi connectivity index (χ0n) is 19.3. The highest BCUT2D eigenvalue weighted by molar-refractivity contribution is 6.07. The Morgan fingerprint density at radius 1 is 1.13 bits per heavy atom. The van der Waals surface area contributed by atoms with Crippen LogP contribution in [-0.4, -0.2) is 78.4 Å². The molecule has 0 unspecified atom stereocenters. The molecule has 1 saturated carbocycles. The van der Waals surface area contributed by atoms with E-state index in [1.54, 1.807) is 0 Å². The Balaban J connectivity index is 1.70. The van der Waals surface area contributed by atoms with Crippen molar-refractivity contribution in [3.8, 4) is 0 Å². The van der Waals surface area contributed by atoms with E-state index in [1.165, 1.54) is 4.90 Å². The number of likely N-dealkylation sites (tertiary alicyclic amines) is 1. The summed E-state index contributed by atoms with van der Waals surface area (Å²) in [5, 5.41) is 3.13. The largest absolute Gasteiger partial charge is 0.342 e. The summed E-state index contributed by atoms with van der Waals surface area (Å²) >= 11 is 0. The molecule has 0 aromatic carbocycles. The summed E-state index contributed by atoms with van der Waals surface area (Å²) in [5.41, 5.74) is -0.809. The Bertz CT molecular complexity index is 636. The van der Waals surface area contributed by atoms with Gasteiger partial charge in [-0.25, -0.2) is 4.79 Å². The maximum Gasteiger partial charge on any atom is 0.325 e. The standard InChI is InChI=1S/C23H40N4O3/c1-17(2)9-12-23(21(29)27(22(30)24-23)16-15-25(3)4)19-10-13-26(14-11-19)20(28)18-7-5-6-8-18/h17-19H,5-16H2,1-4H3,(H,24,30)/t23-/m0/s1. The normalized spacial score (nSPS) is 26.3. The lowest BCUT2D eigenvalue weighted by Crippen LogP contribution is -2.57. The van der Waals surface area contributed by atoms with E-state index in [1.807, 2.05) is 23.9 Å². The van der Waals surface area contributed by atoms with E-state index in [9.17, 15) is 14.4 Å². The summed E-state index contributed by atoms with van der Waals surface area (Å²) in [7, 11) is 3.89. The van der Waals surface area contributed by atoms with E-state index in [0.717, 1.165) is 44.9 Å². The molecule has 1 N–H and O–H groups in total. The Morgan fingerprint density at radius 3 is 2.33 bits per heavy atom. The summed E-state index contributed by atoms with van der Waals surface area (Å²) in [4.78, 5) is 44.5. The van der Waals surface area contributed by atoms with Crippen LogP contribution in [-0.2, 0) is 9.59 Å². The average molecular weight is 421 g/mol. The first kappa shape index (κ1) is 23.0. The minimum absolute atomic E-state index is 0.0597. The Labute approximate surface area is 181 Å². The lowest BCUT2D eigenvalue weighted by atomic mass is 9.73. The highest BCUT2D eigenvalue weighted by atomic mass is 16.2. The van der Waals surface area contributed by atoms with Crippen LogP contribution in [0.15, 0.2) is 0 Å². The van der Waals surface area contributed by atoms with Crippen LogP contribution < -0.4 is 5.32 Å². The summed E-state index contributed by atoms with van der Waals surface area (Å²) in [6, 6.07) is -0.255. The second-order valence-corrected chi connectivity index (χ2v) is 10.2. The molecule has 2 saturated heterocycles. The summed E-state index contributed by atoms with van der Waals surface area (Å²) in [6.45, 7) is 6.78. The third-order valence-corrected chi connectivity index (χ3v) is 7.30. The molecule has 7 nitrogen and oxygen atoms in total. The van der Waals surface area contributed by atoms with Crippen LogP contribution >= 0.6 is 0 Å². The van der Waals surface area contributed by atoms with Gasteiger partial charge in [-0.15, -0.1) is 0 Å². The molecule has 0 aromatic rings. The van der Waals surface area contributed by atoms with Gasteiger partial charge in [-0.3, -0.25) is 14.5 Å². The van der Waals surface area contributed by atoms with Crippen LogP contribution in [0.1, 0.15) is 65.2 Å². The zero-order valence-corrected chi connectivity index (χ0v) is 19.3. The third kappa shape index (κ3) is 4.82. The number of imide groups is 1. The smallest absolute Gasteiger partial charge is 0.325 e. The summed E-state index contributed by atoms with van der Waals surface area (Å²) < 4.78 is 0. The number of carbonyl (C=O) groups excluding carboxylic acids is 3. The van der Waals surface area contributed by atoms with E-state index in [4.69, 9.17) is 0 Å². The molecule has 0 aromatic heterocycles. The molecule has 3 fully saturated rings. The molecule has 7 heteroatoms. The molecule has 1 atom stereocenters. The number of likely N-dealkylation sites (N-methyl/N-ethyl adjacent to an activating group) is 1. The van der Waals surface area contributed by atoms with E-state index >= 15 is 0 Å². The van der Waals surface area contributed by atoms with Crippen LogP contribution in [0, 0.1) is 17.8 Å². The molecule has 2 heterocycles. The van der Waals surface area contributed by atoms with Crippen molar-refractivity contribution in [2.75, 3.05) is 40.3 Å². The van der Waals surface area contributed by atoms with Crippen LogP contribution in [0.2, 0.25) is 0 Å². The second-order valence-electron chi connectivity index (χ2n) is 10.2. The molecule has 3 aliphatic rings. The van der Waals surface area contributed by atoms with Gasteiger partial charge in [0.1, 0.15) is 5.54 Å². The fourth-order valence-corrected chi connectivity index (χ4v) is 5.34. The number of rotatable bonds is 8. The Kier molecular flexibility index (Phi) is 7.43. The fourth-order valence-electron chi connectivity index (χ4n) is 5.34. The third-order valence-electron chi connectivity index (χ3n) is 7.30. The first-order chi connectivity index (χ1) is 14.2. The van der Waals surface area contributed by atoms with Gasteiger partial charge in [0, 0.05) is 32.1 Å². The van der Waals surface area contributed by atoms with Crippen molar-refractivity contribution >= 4 is 17.8 Å². The van der Waals surface area contributed by atoms with Gasteiger partial charge in [-0.05, 0) is 64.5 Å². The van der Waals surface area contributed by atoms with Crippen molar-refractivity contribution < 1.29 is 14.4 Å². The molecule has 2 aliphatic heterocycles. The predicted octanol–water partition coefficient (Wildman–Crippen LogP) is 2.70. The highest BCUT2D eigenvalue weighted by Gasteiger charge is 2.55. The van der Waals surface area contributed by atoms with Crippen molar-refractivity contribution in [1.29, 1.82) is 0 Å². The van der Waals surface area contributed by atoms with Gasteiger partial charge in [0.15, 0.2) is 0 Å². The molecule has 4 amide bonds. The molecule has 3 rings (SSSR count). The predicted molar refractivity (Wildman–Crippen MR) is 117 cm³/mol. The topological polar surface area (TPSA) is 73.0 Å². The van der Waals surface area contributed by atoms with Crippen molar-refractivity contribution in [2.24, 2.45) is 17.8 Å². The number of nitrogens with one attached hydrogen (secondary N) is 1. The molecule has 30 heavy (non-hydrogen) atoms. The van der Waals surface area contributed by atoms with Gasteiger partial charge in [0.05, 0.1) is 0 Å². The molecular formula is C23H40N4O3. The lowest BCUT2D eigenvalue weighted by Gasteiger charge is -2.41. The lowest BCUT2D eigenvalue weighted by molar-refractivity contribution is -0.138. The number of hydrogen-bond donors (Lipinski definition) is 1. The Morgan fingerprint density at radius 2 is 1.77 bits per heavy atom. The van der Waals surface area contributed by atoms with Gasteiger partial charge in [-0.1, -0.05) is 26.7 Å². The molecular weight excluding hydrogens is 380 g/mol. The van der Waals surface area contributed by atoms with Gasteiger partial charge >= 0.3 is 6.03 Å². The second kappa shape index (κ2) is 9.67. The van der Waals surface area contributed by atoms with Crippen LogP contribution in [0.3, 0.4) is 0 Å². The Hall–Kier alpha value is -1.63. The maximum atomic E-state index is 13.5. The van der Waals surface area contributed by atoms with Crippen LogP contribution in [0.25, 0.3) is 0 Å². The number of amides is 4. The average Bonchev–Trinajstić information content (AvgIpc) is 3.32. The summed E-state index contributed by atoms with van der Waals surface area (Å²) in [5.74, 6) is 0.994. The number of urea groups is 1. The van der Waals surface area contributed by atoms with E-state index in [2.05, 4.69) is 19.2 Å². The highest BCUT2D eigenvalue weighted by Crippen LogP contribution is 2.38. The quantitative estimate of drug-likeness (QED) is 0.613. The minimum Gasteiger partial charge on any atom is -0.342 e. The van der Waals surface area contributed by atoms with Gasteiger partial charge in [0.25, 0.3) is 5.91 Å². The zero-order chi connectivity index (χ0) is 21.9. The first-order valence-electron chi connectivity index (χ1n) is 11.8. The number of nitrogens with zero attached hydrogens (tertiary/aromatic N) is 3. The molecule has 0 spiro atoms. The molecule has 0 bridgehead atoms. The van der Waals surface area contributed by atoms with Crippen LogP contribution in [0.5, 0.6) is 0 Å². The van der Waals surface area contributed by atoms with Crippen molar-refractivity contribution in [3.63, 3.8) is 0 Å². The maximum absolute atomic E-state index is 13.5.